The normalized spacial score (nSPS) is 23.3. The number of fused-ring (bicyclic) bond motifs is 1. The molecule has 2 aromatic rings. The Balaban J connectivity index is 1.65. The minimum Gasteiger partial charge on any atom is -0.497 e. The van der Waals surface area contributed by atoms with E-state index >= 15 is 0 Å². The lowest BCUT2D eigenvalue weighted by molar-refractivity contribution is 0.159. The maximum Gasteiger partial charge on any atom is 0.320 e. The van der Waals surface area contributed by atoms with Crippen LogP contribution in [0.15, 0.2) is 30.5 Å². The summed E-state index contributed by atoms with van der Waals surface area (Å²) in [6.45, 7) is 6.70. The Hall–Kier alpha value is -2.83. The molecule has 2 amide bonds. The van der Waals surface area contributed by atoms with E-state index in [0.717, 1.165) is 42.3 Å². The second-order valence-corrected chi connectivity index (χ2v) is 8.35. The van der Waals surface area contributed by atoms with Crippen molar-refractivity contribution in [1.82, 2.24) is 20.0 Å². The third kappa shape index (κ3) is 3.39. The van der Waals surface area contributed by atoms with Gasteiger partial charge in [0.05, 0.1) is 19.3 Å². The van der Waals surface area contributed by atoms with Crippen molar-refractivity contribution in [2.45, 2.75) is 19.9 Å². The van der Waals surface area contributed by atoms with Gasteiger partial charge in [-0.3, -0.25) is 0 Å². The smallest absolute Gasteiger partial charge is 0.320 e. The Morgan fingerprint density at radius 3 is 2.52 bits per heavy atom. The minimum absolute atomic E-state index is 0.0453. The van der Waals surface area contributed by atoms with Crippen molar-refractivity contribution < 1.29 is 9.53 Å². The second-order valence-electron chi connectivity index (χ2n) is 8.35. The highest BCUT2D eigenvalue weighted by Crippen LogP contribution is 2.46. The number of rotatable bonds is 3. The standard InChI is InChI=1S/C22H29N5O2/c1-14-10-23-24-21(15(14)2)26-11-17-12-27(22(28)25(3)4)20(19(17)13-26)16-6-8-18(29-5)9-7-16/h6-10,17,19-20H,11-13H2,1-5H3/t17-,19-,20+/m1/s1. The molecular weight excluding hydrogens is 366 g/mol. The van der Waals surface area contributed by atoms with Gasteiger partial charge in [0.1, 0.15) is 5.75 Å². The third-order valence-corrected chi connectivity index (χ3v) is 6.38. The summed E-state index contributed by atoms with van der Waals surface area (Å²) in [6, 6.07) is 8.24. The van der Waals surface area contributed by atoms with Gasteiger partial charge in [-0.15, -0.1) is 5.10 Å². The molecule has 2 aliphatic heterocycles. The first-order chi connectivity index (χ1) is 13.9. The molecule has 2 fully saturated rings. The maximum absolute atomic E-state index is 12.9. The van der Waals surface area contributed by atoms with Gasteiger partial charge in [0.25, 0.3) is 0 Å². The summed E-state index contributed by atoms with van der Waals surface area (Å²) in [5.74, 6) is 2.56. The van der Waals surface area contributed by atoms with Crippen LogP contribution in [0.3, 0.4) is 0 Å². The van der Waals surface area contributed by atoms with Crippen LogP contribution in [0.4, 0.5) is 10.6 Å². The van der Waals surface area contributed by atoms with Crippen molar-refractivity contribution in [3.8, 4) is 5.75 Å². The molecule has 0 aliphatic carbocycles. The topological polar surface area (TPSA) is 61.8 Å². The number of urea groups is 1. The largest absolute Gasteiger partial charge is 0.497 e. The Labute approximate surface area is 172 Å². The fourth-order valence-electron chi connectivity index (χ4n) is 4.72. The van der Waals surface area contributed by atoms with Crippen LogP contribution in [0.2, 0.25) is 0 Å². The molecular formula is C22H29N5O2. The molecule has 7 heteroatoms. The van der Waals surface area contributed by atoms with Crippen molar-refractivity contribution in [1.29, 1.82) is 0 Å². The molecule has 4 rings (SSSR count). The lowest BCUT2D eigenvalue weighted by atomic mass is 9.89. The van der Waals surface area contributed by atoms with Gasteiger partial charge in [0.15, 0.2) is 5.82 Å². The van der Waals surface area contributed by atoms with Gasteiger partial charge in [0.2, 0.25) is 0 Å². The number of methoxy groups -OCH3 is 1. The van der Waals surface area contributed by atoms with Gasteiger partial charge in [0, 0.05) is 45.6 Å². The second kappa shape index (κ2) is 7.54. The molecule has 0 saturated carbocycles. The Morgan fingerprint density at radius 1 is 1.14 bits per heavy atom. The van der Waals surface area contributed by atoms with Gasteiger partial charge >= 0.3 is 6.03 Å². The van der Waals surface area contributed by atoms with Crippen molar-refractivity contribution >= 4 is 11.8 Å². The number of aryl methyl sites for hydroxylation is 1. The van der Waals surface area contributed by atoms with E-state index in [0.29, 0.717) is 11.8 Å². The van der Waals surface area contributed by atoms with E-state index in [2.05, 4.69) is 41.1 Å². The number of nitrogens with zero attached hydrogens (tertiary/aromatic N) is 5. The lowest BCUT2D eigenvalue weighted by Crippen LogP contribution is -2.41. The first-order valence-electron chi connectivity index (χ1n) is 10.1. The molecule has 0 unspecified atom stereocenters. The maximum atomic E-state index is 12.9. The zero-order valence-corrected chi connectivity index (χ0v) is 17.8. The molecule has 2 saturated heterocycles. The molecule has 29 heavy (non-hydrogen) atoms. The fraction of sp³-hybridized carbons (Fsp3) is 0.500. The van der Waals surface area contributed by atoms with E-state index in [9.17, 15) is 4.79 Å². The number of carbonyl (C=O) groups excluding carboxylic acids is 1. The quantitative estimate of drug-likeness (QED) is 0.800. The lowest BCUT2D eigenvalue weighted by Gasteiger charge is -2.32. The van der Waals surface area contributed by atoms with Crippen LogP contribution < -0.4 is 9.64 Å². The highest BCUT2D eigenvalue weighted by molar-refractivity contribution is 5.75. The number of hydrogen-bond acceptors (Lipinski definition) is 5. The third-order valence-electron chi connectivity index (χ3n) is 6.38. The molecule has 1 aromatic heterocycles. The van der Waals surface area contributed by atoms with Gasteiger partial charge in [-0.05, 0) is 42.7 Å². The number of ether oxygens (including phenoxy) is 1. The number of benzene rings is 1. The molecule has 2 aliphatic rings. The summed E-state index contributed by atoms with van der Waals surface area (Å²) in [5.41, 5.74) is 3.49. The van der Waals surface area contributed by atoms with Crippen LogP contribution in [0, 0.1) is 25.7 Å². The summed E-state index contributed by atoms with van der Waals surface area (Å²) in [5, 5.41) is 8.59. The highest BCUT2D eigenvalue weighted by Gasteiger charge is 2.50. The molecule has 3 heterocycles. The Kier molecular flexibility index (Phi) is 5.06. The van der Waals surface area contributed by atoms with Crippen molar-refractivity contribution in [2.24, 2.45) is 11.8 Å². The number of aromatic nitrogens is 2. The highest BCUT2D eigenvalue weighted by atomic mass is 16.5. The molecule has 0 radical (unpaired) electrons. The molecule has 3 atom stereocenters. The zero-order valence-electron chi connectivity index (χ0n) is 17.8. The molecule has 154 valence electrons. The molecule has 0 bridgehead atoms. The summed E-state index contributed by atoms with van der Waals surface area (Å²) in [6.07, 6.45) is 1.81. The number of anilines is 1. The Morgan fingerprint density at radius 2 is 1.86 bits per heavy atom. The van der Waals surface area contributed by atoms with Gasteiger partial charge in [-0.25, -0.2) is 4.79 Å². The van der Waals surface area contributed by atoms with Gasteiger partial charge < -0.3 is 19.4 Å². The van der Waals surface area contributed by atoms with E-state index in [-0.39, 0.29) is 12.1 Å². The fourth-order valence-corrected chi connectivity index (χ4v) is 4.72. The summed E-state index contributed by atoms with van der Waals surface area (Å²) >= 11 is 0. The van der Waals surface area contributed by atoms with E-state index in [1.807, 2.05) is 37.3 Å². The van der Waals surface area contributed by atoms with Crippen molar-refractivity contribution in [3.63, 3.8) is 0 Å². The first kappa shape index (κ1) is 19.5. The van der Waals surface area contributed by atoms with Gasteiger partial charge in [-0.1, -0.05) is 12.1 Å². The zero-order chi connectivity index (χ0) is 20.7. The predicted octanol–water partition coefficient (Wildman–Crippen LogP) is 2.89. The molecule has 7 nitrogen and oxygen atoms in total. The van der Waals surface area contributed by atoms with E-state index < -0.39 is 0 Å². The monoisotopic (exact) mass is 395 g/mol. The molecule has 1 aromatic carbocycles. The minimum atomic E-state index is 0.0453. The summed E-state index contributed by atoms with van der Waals surface area (Å²) in [7, 11) is 5.31. The average molecular weight is 396 g/mol. The van der Waals surface area contributed by atoms with E-state index in [1.165, 1.54) is 5.56 Å². The number of hydrogen-bond donors (Lipinski definition) is 0. The van der Waals surface area contributed by atoms with E-state index in [1.54, 1.807) is 12.0 Å². The van der Waals surface area contributed by atoms with Crippen LogP contribution in [0.25, 0.3) is 0 Å². The van der Waals surface area contributed by atoms with Crippen LogP contribution in [0.1, 0.15) is 22.7 Å². The predicted molar refractivity (Wildman–Crippen MR) is 112 cm³/mol. The summed E-state index contributed by atoms with van der Waals surface area (Å²) in [4.78, 5) is 19.0. The number of likely N-dealkylation sites (tertiary alicyclic amines) is 1. The SMILES string of the molecule is COc1ccc([C@H]2[C@@H]3CN(c4nncc(C)c4C)C[C@@H]3CN2C(=O)N(C)C)cc1. The molecule has 0 N–H and O–H groups in total. The van der Waals surface area contributed by atoms with Crippen LogP contribution in [0.5, 0.6) is 5.75 Å². The van der Waals surface area contributed by atoms with Crippen molar-refractivity contribution in [2.75, 3.05) is 45.7 Å². The number of amides is 2. The van der Waals surface area contributed by atoms with Crippen LogP contribution in [-0.4, -0.2) is 66.9 Å². The van der Waals surface area contributed by atoms with E-state index in [4.69, 9.17) is 4.74 Å². The number of carbonyl (C=O) groups is 1. The average Bonchev–Trinajstić information content (AvgIpc) is 3.27. The van der Waals surface area contributed by atoms with Crippen molar-refractivity contribution in [3.05, 3.63) is 47.2 Å². The van der Waals surface area contributed by atoms with Gasteiger partial charge in [-0.2, -0.15) is 5.10 Å². The summed E-state index contributed by atoms with van der Waals surface area (Å²) < 4.78 is 5.32. The first-order valence-corrected chi connectivity index (χ1v) is 10.1. The Bertz CT molecular complexity index is 899. The van der Waals surface area contributed by atoms with Crippen LogP contribution >= 0.6 is 0 Å². The van der Waals surface area contributed by atoms with Crippen LogP contribution in [-0.2, 0) is 0 Å². The molecule has 0 spiro atoms.